The Morgan fingerprint density at radius 1 is 1.04 bits per heavy atom. The van der Waals surface area contributed by atoms with Gasteiger partial charge in [-0.1, -0.05) is 43.2 Å². The van der Waals surface area contributed by atoms with E-state index in [1.165, 1.54) is 25.7 Å². The topological polar surface area (TPSA) is 49.6 Å². The third-order valence-corrected chi connectivity index (χ3v) is 5.08. The van der Waals surface area contributed by atoms with Crippen molar-refractivity contribution >= 4 is 30.7 Å². The minimum atomic E-state index is -0.416. The van der Waals surface area contributed by atoms with Crippen molar-refractivity contribution in [2.45, 2.75) is 44.2 Å². The van der Waals surface area contributed by atoms with Gasteiger partial charge in [-0.2, -0.15) is 0 Å². The van der Waals surface area contributed by atoms with E-state index in [1.807, 2.05) is 35.2 Å². The monoisotopic (exact) mass is 373 g/mol. The summed E-state index contributed by atoms with van der Waals surface area (Å²) in [7, 11) is 0. The molecule has 136 valence electrons. The van der Waals surface area contributed by atoms with Crippen molar-refractivity contribution in [3.05, 3.63) is 35.9 Å². The highest BCUT2D eigenvalue weighted by Crippen LogP contribution is 2.24. The molecule has 6 heteroatoms. The molecule has 2 N–H and O–H groups in total. The van der Waals surface area contributed by atoms with Crippen LogP contribution >= 0.6 is 24.8 Å². The van der Waals surface area contributed by atoms with Gasteiger partial charge in [0.15, 0.2) is 0 Å². The lowest BCUT2D eigenvalue weighted by Gasteiger charge is -2.38. The van der Waals surface area contributed by atoms with Crippen LogP contribution in [-0.2, 0) is 11.2 Å². The quantitative estimate of drug-likeness (QED) is 0.881. The second-order valence-electron chi connectivity index (χ2n) is 6.60. The predicted octanol–water partition coefficient (Wildman–Crippen LogP) is 2.49. The molecular weight excluding hydrogens is 345 g/mol. The largest absolute Gasteiger partial charge is 0.339 e. The van der Waals surface area contributed by atoms with Crippen molar-refractivity contribution in [2.75, 3.05) is 26.2 Å². The fraction of sp³-hybridized carbons (Fsp3) is 0.611. The first kappa shape index (κ1) is 21.2. The molecule has 24 heavy (non-hydrogen) atoms. The van der Waals surface area contributed by atoms with Crippen molar-refractivity contribution in [3.63, 3.8) is 0 Å². The summed E-state index contributed by atoms with van der Waals surface area (Å²) in [6.45, 7) is 3.68. The van der Waals surface area contributed by atoms with Crippen molar-refractivity contribution in [2.24, 2.45) is 5.73 Å². The number of nitrogens with zero attached hydrogens (tertiary/aromatic N) is 2. The second kappa shape index (κ2) is 10.2. The van der Waals surface area contributed by atoms with Crippen molar-refractivity contribution in [3.8, 4) is 0 Å². The third-order valence-electron chi connectivity index (χ3n) is 5.08. The Balaban J connectivity index is 0.00000144. The lowest BCUT2D eigenvalue weighted by atomic mass is 10.1. The molecule has 0 aromatic heterocycles. The Morgan fingerprint density at radius 2 is 1.62 bits per heavy atom. The highest BCUT2D eigenvalue weighted by atomic mass is 35.5. The lowest BCUT2D eigenvalue weighted by Crippen LogP contribution is -2.55. The van der Waals surface area contributed by atoms with Gasteiger partial charge in [-0.25, -0.2) is 0 Å². The van der Waals surface area contributed by atoms with Crippen molar-refractivity contribution in [1.29, 1.82) is 0 Å². The second-order valence-corrected chi connectivity index (χ2v) is 6.60. The van der Waals surface area contributed by atoms with Gasteiger partial charge in [0.05, 0.1) is 6.04 Å². The number of benzene rings is 1. The molecule has 3 rings (SSSR count). The molecule has 1 aromatic carbocycles. The zero-order chi connectivity index (χ0) is 15.4. The summed E-state index contributed by atoms with van der Waals surface area (Å²) in [4.78, 5) is 17.0. The molecule has 1 aromatic rings. The normalized spacial score (nSPS) is 20.1. The summed E-state index contributed by atoms with van der Waals surface area (Å²) in [6.07, 6.45) is 6.03. The maximum absolute atomic E-state index is 12.5. The van der Waals surface area contributed by atoms with Gasteiger partial charge >= 0.3 is 0 Å². The van der Waals surface area contributed by atoms with Gasteiger partial charge in [-0.15, -0.1) is 24.8 Å². The van der Waals surface area contributed by atoms with Crippen LogP contribution in [0.3, 0.4) is 0 Å². The van der Waals surface area contributed by atoms with Crippen LogP contribution in [0, 0.1) is 0 Å². The predicted molar refractivity (Wildman–Crippen MR) is 103 cm³/mol. The molecule has 1 amide bonds. The molecule has 1 unspecified atom stereocenters. The van der Waals surface area contributed by atoms with Crippen LogP contribution in [0.5, 0.6) is 0 Å². The Hall–Kier alpha value is -0.810. The maximum Gasteiger partial charge on any atom is 0.239 e. The van der Waals surface area contributed by atoms with E-state index in [1.54, 1.807) is 0 Å². The fourth-order valence-corrected chi connectivity index (χ4v) is 3.77. The van der Waals surface area contributed by atoms with E-state index in [4.69, 9.17) is 5.73 Å². The molecule has 1 atom stereocenters. The zero-order valence-electron chi connectivity index (χ0n) is 14.1. The number of hydrogen-bond acceptors (Lipinski definition) is 3. The van der Waals surface area contributed by atoms with Gasteiger partial charge in [0.2, 0.25) is 5.91 Å². The molecule has 4 nitrogen and oxygen atoms in total. The molecule has 0 bridgehead atoms. The average molecular weight is 374 g/mol. The molecule has 1 saturated heterocycles. The molecular formula is C18H29Cl2N3O. The summed E-state index contributed by atoms with van der Waals surface area (Å²) in [5, 5.41) is 0. The number of carbonyl (C=O) groups excluding carboxylic acids is 1. The fourth-order valence-electron chi connectivity index (χ4n) is 3.77. The SMILES string of the molecule is Cl.Cl.NC(Cc1ccccc1)C(=O)N1CCN(C2CCCC2)CC1. The highest BCUT2D eigenvalue weighted by molar-refractivity contribution is 5.85. The van der Waals surface area contributed by atoms with Crippen LogP contribution in [0.15, 0.2) is 30.3 Å². The summed E-state index contributed by atoms with van der Waals surface area (Å²) in [5.41, 5.74) is 7.26. The smallest absolute Gasteiger partial charge is 0.239 e. The minimum absolute atomic E-state index is 0. The van der Waals surface area contributed by atoms with Gasteiger partial charge in [-0.3, -0.25) is 9.69 Å². The molecule has 1 aliphatic carbocycles. The van der Waals surface area contributed by atoms with E-state index in [9.17, 15) is 4.79 Å². The number of nitrogens with two attached hydrogens (primary N) is 1. The van der Waals surface area contributed by atoms with Crippen LogP contribution in [0.1, 0.15) is 31.2 Å². The Bertz CT molecular complexity index is 486. The van der Waals surface area contributed by atoms with E-state index >= 15 is 0 Å². The number of carbonyl (C=O) groups is 1. The summed E-state index contributed by atoms with van der Waals surface area (Å²) < 4.78 is 0. The first-order valence-corrected chi connectivity index (χ1v) is 8.56. The Labute approximate surface area is 157 Å². The zero-order valence-corrected chi connectivity index (χ0v) is 15.7. The van der Waals surface area contributed by atoms with E-state index in [-0.39, 0.29) is 30.7 Å². The molecule has 1 heterocycles. The molecule has 0 radical (unpaired) electrons. The highest BCUT2D eigenvalue weighted by Gasteiger charge is 2.29. The van der Waals surface area contributed by atoms with E-state index in [2.05, 4.69) is 4.90 Å². The lowest BCUT2D eigenvalue weighted by molar-refractivity contribution is -0.134. The first-order chi connectivity index (χ1) is 10.7. The van der Waals surface area contributed by atoms with Crippen LogP contribution in [0.25, 0.3) is 0 Å². The first-order valence-electron chi connectivity index (χ1n) is 8.56. The van der Waals surface area contributed by atoms with Gasteiger partial charge < -0.3 is 10.6 Å². The van der Waals surface area contributed by atoms with Crippen molar-refractivity contribution < 1.29 is 4.79 Å². The van der Waals surface area contributed by atoms with Gasteiger partial charge in [0, 0.05) is 32.2 Å². The number of hydrogen-bond donors (Lipinski definition) is 1. The average Bonchev–Trinajstić information content (AvgIpc) is 3.10. The van der Waals surface area contributed by atoms with Crippen LogP contribution < -0.4 is 5.73 Å². The van der Waals surface area contributed by atoms with Crippen LogP contribution in [0.2, 0.25) is 0 Å². The van der Waals surface area contributed by atoms with E-state index in [0.717, 1.165) is 37.8 Å². The Kier molecular flexibility index (Phi) is 9.06. The van der Waals surface area contributed by atoms with Crippen LogP contribution in [-0.4, -0.2) is 54.0 Å². The number of halogens is 2. The van der Waals surface area contributed by atoms with Gasteiger partial charge in [-0.05, 0) is 24.8 Å². The minimum Gasteiger partial charge on any atom is -0.339 e. The summed E-state index contributed by atoms with van der Waals surface area (Å²) >= 11 is 0. The van der Waals surface area contributed by atoms with Crippen LogP contribution in [0.4, 0.5) is 0 Å². The molecule has 1 saturated carbocycles. The molecule has 1 aliphatic heterocycles. The summed E-state index contributed by atoms with van der Waals surface area (Å²) in [6, 6.07) is 10.4. The van der Waals surface area contributed by atoms with Gasteiger partial charge in [0.1, 0.15) is 0 Å². The molecule has 0 spiro atoms. The Morgan fingerprint density at radius 3 is 2.21 bits per heavy atom. The summed E-state index contributed by atoms with van der Waals surface area (Å²) in [5.74, 6) is 0.106. The van der Waals surface area contributed by atoms with Crippen molar-refractivity contribution in [1.82, 2.24) is 9.80 Å². The molecule has 2 fully saturated rings. The van der Waals surface area contributed by atoms with Gasteiger partial charge in [0.25, 0.3) is 0 Å². The standard InChI is InChI=1S/C18H27N3O.2ClH/c19-17(14-15-6-2-1-3-7-15)18(22)21-12-10-20(11-13-21)16-8-4-5-9-16;;/h1-3,6-7,16-17H,4-5,8-14,19H2;2*1H. The third kappa shape index (κ3) is 5.35. The maximum atomic E-state index is 12.5. The van der Waals surface area contributed by atoms with E-state index in [0.29, 0.717) is 6.42 Å². The number of rotatable bonds is 4. The number of piperazine rings is 1. The molecule has 2 aliphatic rings. The number of amides is 1. The van der Waals surface area contributed by atoms with E-state index < -0.39 is 6.04 Å².